The number of aryl methyl sites for hydroxylation is 2. The van der Waals surface area contributed by atoms with Crippen LogP contribution in [0, 0.1) is 6.92 Å². The Kier molecular flexibility index (Phi) is 3.18. The molecule has 0 atom stereocenters. The third kappa shape index (κ3) is 2.33. The van der Waals surface area contributed by atoms with Gasteiger partial charge in [-0.2, -0.15) is 0 Å². The van der Waals surface area contributed by atoms with Gasteiger partial charge in [-0.15, -0.1) is 0 Å². The maximum Gasteiger partial charge on any atom is 0.113 e. The zero-order valence-corrected chi connectivity index (χ0v) is 10.9. The fraction of sp³-hybridized carbons (Fsp3) is 0.357. The van der Waals surface area contributed by atoms with Crippen LogP contribution < -0.4 is 4.90 Å². The molecular formula is C14H19N3. The highest BCUT2D eigenvalue weighted by molar-refractivity contribution is 5.50. The molecule has 2 aromatic rings. The zero-order chi connectivity index (χ0) is 12.4. The molecule has 0 N–H and O–H groups in total. The van der Waals surface area contributed by atoms with Gasteiger partial charge in [0.1, 0.15) is 5.82 Å². The molecule has 0 spiro atoms. The summed E-state index contributed by atoms with van der Waals surface area (Å²) in [6.07, 6.45) is 3.03. The van der Waals surface area contributed by atoms with Gasteiger partial charge in [0.05, 0.1) is 5.69 Å². The lowest BCUT2D eigenvalue weighted by atomic mass is 10.2. The second kappa shape index (κ2) is 4.62. The summed E-state index contributed by atoms with van der Waals surface area (Å²) in [5, 5.41) is 0. The van der Waals surface area contributed by atoms with E-state index in [-0.39, 0.29) is 0 Å². The highest BCUT2D eigenvalue weighted by Gasteiger charge is 2.05. The van der Waals surface area contributed by atoms with E-state index in [1.54, 1.807) is 0 Å². The fourth-order valence-electron chi connectivity index (χ4n) is 1.93. The number of nitrogens with zero attached hydrogens (tertiary/aromatic N) is 3. The Morgan fingerprint density at radius 3 is 2.35 bits per heavy atom. The molecule has 0 saturated heterocycles. The van der Waals surface area contributed by atoms with E-state index >= 15 is 0 Å². The number of benzene rings is 1. The van der Waals surface area contributed by atoms with Crippen molar-refractivity contribution >= 4 is 5.69 Å². The van der Waals surface area contributed by atoms with Crippen LogP contribution in [0.5, 0.6) is 0 Å². The molecule has 3 heteroatoms. The Bertz CT molecular complexity index is 495. The Labute approximate surface area is 103 Å². The lowest BCUT2D eigenvalue weighted by molar-refractivity contribution is 0.890. The van der Waals surface area contributed by atoms with Crippen LogP contribution >= 0.6 is 0 Å². The lowest BCUT2D eigenvalue weighted by Crippen LogP contribution is -2.08. The molecule has 0 aliphatic carbocycles. The topological polar surface area (TPSA) is 21.1 Å². The molecule has 1 aromatic carbocycles. The van der Waals surface area contributed by atoms with Crippen molar-refractivity contribution in [1.82, 2.24) is 9.55 Å². The van der Waals surface area contributed by atoms with Crippen LogP contribution in [-0.2, 0) is 6.42 Å². The largest absolute Gasteiger partial charge is 0.378 e. The van der Waals surface area contributed by atoms with Crippen molar-refractivity contribution in [3.63, 3.8) is 0 Å². The fourth-order valence-corrected chi connectivity index (χ4v) is 1.93. The minimum Gasteiger partial charge on any atom is -0.378 e. The Morgan fingerprint density at radius 2 is 1.82 bits per heavy atom. The van der Waals surface area contributed by atoms with E-state index in [2.05, 4.69) is 51.8 Å². The van der Waals surface area contributed by atoms with E-state index in [1.165, 1.54) is 11.4 Å². The molecule has 0 aliphatic rings. The summed E-state index contributed by atoms with van der Waals surface area (Å²) in [6, 6.07) is 8.53. The number of rotatable bonds is 3. The lowest BCUT2D eigenvalue weighted by Gasteiger charge is -2.13. The molecule has 2 rings (SSSR count). The third-order valence-electron chi connectivity index (χ3n) is 2.86. The average molecular weight is 229 g/mol. The summed E-state index contributed by atoms with van der Waals surface area (Å²) in [6.45, 7) is 4.16. The molecule has 0 radical (unpaired) electrons. The second-order valence-corrected chi connectivity index (χ2v) is 4.43. The third-order valence-corrected chi connectivity index (χ3v) is 2.86. The van der Waals surface area contributed by atoms with Crippen molar-refractivity contribution in [3.05, 3.63) is 42.0 Å². The minimum atomic E-state index is 0.948. The first-order valence-corrected chi connectivity index (χ1v) is 5.94. The molecule has 0 fully saturated rings. The summed E-state index contributed by atoms with van der Waals surface area (Å²) < 4.78 is 2.16. The Morgan fingerprint density at radius 1 is 1.18 bits per heavy atom. The number of imidazole rings is 1. The van der Waals surface area contributed by atoms with Gasteiger partial charge in [-0.05, 0) is 31.2 Å². The molecule has 1 heterocycles. The molecule has 0 bridgehead atoms. The number of hydrogen-bond donors (Lipinski definition) is 0. The van der Waals surface area contributed by atoms with Gasteiger partial charge in [0.2, 0.25) is 0 Å². The first-order valence-electron chi connectivity index (χ1n) is 5.94. The molecule has 1 aromatic heterocycles. The van der Waals surface area contributed by atoms with Crippen LogP contribution in [-0.4, -0.2) is 23.6 Å². The van der Waals surface area contributed by atoms with Gasteiger partial charge in [0.25, 0.3) is 0 Å². The first kappa shape index (κ1) is 11.7. The van der Waals surface area contributed by atoms with Crippen molar-refractivity contribution in [2.45, 2.75) is 20.3 Å². The SMILES string of the molecule is CCc1nc(C)cn1-c1ccc(N(C)C)cc1. The number of aromatic nitrogens is 2. The predicted octanol–water partition coefficient (Wildman–Crippen LogP) is 2.81. The van der Waals surface area contributed by atoms with Gasteiger partial charge in [0, 0.05) is 38.1 Å². The van der Waals surface area contributed by atoms with Crippen LogP contribution in [0.15, 0.2) is 30.5 Å². The molecule has 3 nitrogen and oxygen atoms in total. The maximum atomic E-state index is 4.52. The van der Waals surface area contributed by atoms with Crippen LogP contribution in [0.1, 0.15) is 18.4 Å². The Hall–Kier alpha value is -1.77. The van der Waals surface area contributed by atoms with E-state index in [0.29, 0.717) is 0 Å². The Balaban J connectivity index is 2.39. The number of anilines is 1. The smallest absolute Gasteiger partial charge is 0.113 e. The van der Waals surface area contributed by atoms with Gasteiger partial charge in [0.15, 0.2) is 0 Å². The van der Waals surface area contributed by atoms with Gasteiger partial charge >= 0.3 is 0 Å². The van der Waals surface area contributed by atoms with Gasteiger partial charge in [-0.3, -0.25) is 0 Å². The summed E-state index contributed by atoms with van der Waals surface area (Å²) in [4.78, 5) is 6.62. The zero-order valence-electron chi connectivity index (χ0n) is 10.9. The van der Waals surface area contributed by atoms with Crippen molar-refractivity contribution in [2.24, 2.45) is 0 Å². The van der Waals surface area contributed by atoms with E-state index in [0.717, 1.165) is 17.9 Å². The summed E-state index contributed by atoms with van der Waals surface area (Å²) in [5.41, 5.74) is 3.45. The maximum absolute atomic E-state index is 4.52. The second-order valence-electron chi connectivity index (χ2n) is 4.43. The normalized spacial score (nSPS) is 10.6. The summed E-state index contributed by atoms with van der Waals surface area (Å²) in [5.74, 6) is 1.11. The highest BCUT2D eigenvalue weighted by Crippen LogP contribution is 2.17. The van der Waals surface area contributed by atoms with Crippen LogP contribution in [0.25, 0.3) is 5.69 Å². The standard InChI is InChI=1S/C14H19N3/c1-5-14-15-11(2)10-17(14)13-8-6-12(7-9-13)16(3)4/h6-10H,5H2,1-4H3. The highest BCUT2D eigenvalue weighted by atomic mass is 15.1. The number of hydrogen-bond acceptors (Lipinski definition) is 2. The molecular weight excluding hydrogens is 210 g/mol. The van der Waals surface area contributed by atoms with Gasteiger partial charge in [-0.1, -0.05) is 6.92 Å². The van der Waals surface area contributed by atoms with E-state index in [4.69, 9.17) is 0 Å². The quantitative estimate of drug-likeness (QED) is 0.807. The molecule has 90 valence electrons. The van der Waals surface area contributed by atoms with Crippen molar-refractivity contribution in [2.75, 3.05) is 19.0 Å². The molecule has 0 saturated carbocycles. The van der Waals surface area contributed by atoms with E-state index < -0.39 is 0 Å². The van der Waals surface area contributed by atoms with Crippen molar-refractivity contribution in [3.8, 4) is 5.69 Å². The van der Waals surface area contributed by atoms with E-state index in [1.807, 2.05) is 21.0 Å². The van der Waals surface area contributed by atoms with Crippen molar-refractivity contribution in [1.29, 1.82) is 0 Å². The van der Waals surface area contributed by atoms with Crippen LogP contribution in [0.4, 0.5) is 5.69 Å². The van der Waals surface area contributed by atoms with Crippen LogP contribution in [0.3, 0.4) is 0 Å². The van der Waals surface area contributed by atoms with Gasteiger partial charge < -0.3 is 9.47 Å². The summed E-state index contributed by atoms with van der Waals surface area (Å²) in [7, 11) is 4.10. The molecule has 0 amide bonds. The monoisotopic (exact) mass is 229 g/mol. The minimum absolute atomic E-state index is 0.948. The first-order chi connectivity index (χ1) is 8.11. The van der Waals surface area contributed by atoms with E-state index in [9.17, 15) is 0 Å². The van der Waals surface area contributed by atoms with Crippen molar-refractivity contribution < 1.29 is 0 Å². The predicted molar refractivity (Wildman–Crippen MR) is 72.0 cm³/mol. The molecule has 17 heavy (non-hydrogen) atoms. The average Bonchev–Trinajstić information content (AvgIpc) is 2.70. The molecule has 0 unspecified atom stereocenters. The molecule has 0 aliphatic heterocycles. The van der Waals surface area contributed by atoms with Crippen LogP contribution in [0.2, 0.25) is 0 Å². The summed E-state index contributed by atoms with van der Waals surface area (Å²) >= 11 is 0. The van der Waals surface area contributed by atoms with Gasteiger partial charge in [-0.25, -0.2) is 4.98 Å².